The van der Waals surface area contributed by atoms with Crippen LogP contribution in [0.25, 0.3) is 0 Å². The number of likely N-dealkylation sites (tertiary alicyclic amines) is 1. The van der Waals surface area contributed by atoms with Gasteiger partial charge in [0, 0.05) is 38.4 Å². The summed E-state index contributed by atoms with van der Waals surface area (Å²) in [5.41, 5.74) is 2.03. The Morgan fingerprint density at radius 1 is 1.03 bits per heavy atom. The molecule has 0 radical (unpaired) electrons. The van der Waals surface area contributed by atoms with Gasteiger partial charge in [-0.25, -0.2) is 13.6 Å². The molecule has 2 amide bonds. The van der Waals surface area contributed by atoms with Crippen LogP contribution in [0.4, 0.5) is 30.6 Å². The van der Waals surface area contributed by atoms with Crippen molar-refractivity contribution in [2.45, 2.75) is 20.3 Å². The molecular weight excluding hydrogens is 398 g/mol. The molecule has 1 atom stereocenters. The van der Waals surface area contributed by atoms with Crippen molar-refractivity contribution in [2.75, 3.05) is 49.1 Å². The molecule has 0 aliphatic carbocycles. The number of rotatable bonds is 5. The number of hydrogen-bond donors (Lipinski definition) is 1. The molecule has 0 spiro atoms. The van der Waals surface area contributed by atoms with Crippen molar-refractivity contribution >= 4 is 23.1 Å². The maximum atomic E-state index is 14.0. The Labute approximate surface area is 182 Å². The van der Waals surface area contributed by atoms with E-state index >= 15 is 0 Å². The Hall–Kier alpha value is -2.67. The predicted molar refractivity (Wildman–Crippen MR) is 120 cm³/mol. The lowest BCUT2D eigenvalue weighted by Crippen LogP contribution is -2.48. The standard InChI is InChI=1S/C24H30F2N4O/c1-17(2)15-28-10-9-18(16-28)14-27-24(31)30-12-11-29(21-6-3-19(25)4-7-21)23-13-20(26)5-8-22(23)30/h3-8,13,17-18H,9-12,14-16H2,1-2H3,(H,27,31)/t18-/m1/s1. The predicted octanol–water partition coefficient (Wildman–Crippen LogP) is 4.61. The lowest BCUT2D eigenvalue weighted by molar-refractivity contribution is 0.243. The minimum absolute atomic E-state index is 0.158. The summed E-state index contributed by atoms with van der Waals surface area (Å²) in [6.45, 7) is 9.24. The summed E-state index contributed by atoms with van der Waals surface area (Å²) in [6, 6.07) is 10.4. The Kier molecular flexibility index (Phi) is 6.41. The van der Waals surface area contributed by atoms with Gasteiger partial charge in [0.1, 0.15) is 11.6 Å². The van der Waals surface area contributed by atoms with E-state index in [4.69, 9.17) is 0 Å². The van der Waals surface area contributed by atoms with Crippen LogP contribution in [0.5, 0.6) is 0 Å². The molecule has 7 heteroatoms. The summed E-state index contributed by atoms with van der Waals surface area (Å²) in [5.74, 6) is 0.406. The molecule has 5 nitrogen and oxygen atoms in total. The largest absolute Gasteiger partial charge is 0.338 e. The normalized spacial score (nSPS) is 19.1. The van der Waals surface area contributed by atoms with E-state index in [9.17, 15) is 13.6 Å². The number of carbonyl (C=O) groups is 1. The molecule has 0 unspecified atom stereocenters. The SMILES string of the molecule is CC(C)CN1CC[C@H](CNC(=O)N2CCN(c3ccc(F)cc3)c3cc(F)ccc32)C1. The Morgan fingerprint density at radius 2 is 1.77 bits per heavy atom. The van der Waals surface area contributed by atoms with Gasteiger partial charge in [0.25, 0.3) is 0 Å². The zero-order valence-electron chi connectivity index (χ0n) is 18.2. The number of urea groups is 1. The molecule has 2 aliphatic rings. The quantitative estimate of drug-likeness (QED) is 0.756. The van der Waals surface area contributed by atoms with Crippen molar-refractivity contribution in [3.63, 3.8) is 0 Å². The topological polar surface area (TPSA) is 38.8 Å². The first-order chi connectivity index (χ1) is 14.9. The first-order valence-corrected chi connectivity index (χ1v) is 11.0. The van der Waals surface area contributed by atoms with Crippen molar-refractivity contribution in [1.29, 1.82) is 0 Å². The summed E-state index contributed by atoms with van der Waals surface area (Å²) in [4.78, 5) is 19.0. The van der Waals surface area contributed by atoms with Crippen molar-refractivity contribution in [2.24, 2.45) is 11.8 Å². The fraction of sp³-hybridized carbons (Fsp3) is 0.458. The van der Waals surface area contributed by atoms with Gasteiger partial charge in [-0.05, 0) is 67.3 Å². The van der Waals surface area contributed by atoms with Crippen molar-refractivity contribution in [3.8, 4) is 0 Å². The van der Waals surface area contributed by atoms with Gasteiger partial charge in [-0.1, -0.05) is 13.8 Å². The van der Waals surface area contributed by atoms with Gasteiger partial charge in [0.05, 0.1) is 11.4 Å². The van der Waals surface area contributed by atoms with Crippen LogP contribution in [0.3, 0.4) is 0 Å². The molecule has 2 aromatic rings. The van der Waals surface area contributed by atoms with E-state index in [1.165, 1.54) is 24.3 Å². The number of fused-ring (bicyclic) bond motifs is 1. The fourth-order valence-electron chi connectivity index (χ4n) is 4.57. The first-order valence-electron chi connectivity index (χ1n) is 11.0. The molecule has 166 valence electrons. The molecule has 1 N–H and O–H groups in total. The minimum atomic E-state index is -0.371. The molecule has 31 heavy (non-hydrogen) atoms. The summed E-state index contributed by atoms with van der Waals surface area (Å²) >= 11 is 0. The van der Waals surface area contributed by atoms with Gasteiger partial charge in [0.2, 0.25) is 0 Å². The van der Waals surface area contributed by atoms with Gasteiger partial charge in [0.15, 0.2) is 0 Å². The van der Waals surface area contributed by atoms with Crippen molar-refractivity contribution < 1.29 is 13.6 Å². The van der Waals surface area contributed by atoms with Crippen LogP contribution >= 0.6 is 0 Å². The number of amides is 2. The molecule has 2 aliphatic heterocycles. The average molecular weight is 429 g/mol. The van der Waals surface area contributed by atoms with E-state index in [0.717, 1.165) is 31.7 Å². The highest BCUT2D eigenvalue weighted by molar-refractivity contribution is 5.97. The van der Waals surface area contributed by atoms with Crippen LogP contribution in [0.15, 0.2) is 42.5 Å². The molecular formula is C24H30F2N4O. The van der Waals surface area contributed by atoms with Crippen molar-refractivity contribution in [3.05, 3.63) is 54.1 Å². The third-order valence-corrected chi connectivity index (χ3v) is 5.99. The van der Waals surface area contributed by atoms with Gasteiger partial charge in [-0.2, -0.15) is 0 Å². The summed E-state index contributed by atoms with van der Waals surface area (Å²) in [5, 5.41) is 3.08. The number of anilines is 3. The van der Waals surface area contributed by atoms with Crippen LogP contribution in [-0.4, -0.2) is 50.2 Å². The van der Waals surface area contributed by atoms with Crippen LogP contribution in [0, 0.1) is 23.5 Å². The Bertz CT molecular complexity index is 918. The van der Waals surface area contributed by atoms with Gasteiger partial charge < -0.3 is 15.1 Å². The number of nitrogens with one attached hydrogen (secondary N) is 1. The molecule has 4 rings (SSSR count). The maximum absolute atomic E-state index is 14.0. The molecule has 0 saturated carbocycles. The highest BCUT2D eigenvalue weighted by Gasteiger charge is 2.29. The zero-order valence-corrected chi connectivity index (χ0v) is 18.2. The summed E-state index contributed by atoms with van der Waals surface area (Å²) in [7, 11) is 0. The molecule has 1 saturated heterocycles. The highest BCUT2D eigenvalue weighted by atomic mass is 19.1. The van der Waals surface area contributed by atoms with Gasteiger partial charge in [-0.3, -0.25) is 4.90 Å². The second-order valence-corrected chi connectivity index (χ2v) is 8.91. The second kappa shape index (κ2) is 9.22. The molecule has 1 fully saturated rings. The zero-order chi connectivity index (χ0) is 22.0. The van der Waals surface area contributed by atoms with E-state index < -0.39 is 0 Å². The van der Waals surface area contributed by atoms with E-state index in [1.54, 1.807) is 23.1 Å². The molecule has 2 heterocycles. The van der Waals surface area contributed by atoms with E-state index in [1.807, 2.05) is 4.90 Å². The molecule has 2 aromatic carbocycles. The maximum Gasteiger partial charge on any atom is 0.322 e. The molecule has 0 aromatic heterocycles. The third-order valence-electron chi connectivity index (χ3n) is 5.99. The highest BCUT2D eigenvalue weighted by Crippen LogP contribution is 2.38. The van der Waals surface area contributed by atoms with Crippen LogP contribution < -0.4 is 15.1 Å². The van der Waals surface area contributed by atoms with Crippen molar-refractivity contribution in [1.82, 2.24) is 10.2 Å². The van der Waals surface area contributed by atoms with E-state index in [2.05, 4.69) is 24.1 Å². The van der Waals surface area contributed by atoms with Gasteiger partial charge >= 0.3 is 6.03 Å². The smallest absolute Gasteiger partial charge is 0.322 e. The number of hydrogen-bond acceptors (Lipinski definition) is 3. The van der Waals surface area contributed by atoms with Crippen LogP contribution in [0.2, 0.25) is 0 Å². The minimum Gasteiger partial charge on any atom is -0.338 e. The summed E-state index contributed by atoms with van der Waals surface area (Å²) in [6.07, 6.45) is 1.09. The Balaban J connectivity index is 1.45. The number of carbonyl (C=O) groups excluding carboxylic acids is 1. The molecule has 0 bridgehead atoms. The van der Waals surface area contributed by atoms with Crippen LogP contribution in [0.1, 0.15) is 20.3 Å². The number of benzene rings is 2. The summed E-state index contributed by atoms with van der Waals surface area (Å²) < 4.78 is 27.4. The lowest BCUT2D eigenvalue weighted by Gasteiger charge is -2.38. The van der Waals surface area contributed by atoms with E-state index in [-0.39, 0.29) is 17.7 Å². The number of nitrogens with zero attached hydrogens (tertiary/aromatic N) is 3. The van der Waals surface area contributed by atoms with E-state index in [0.29, 0.717) is 42.8 Å². The average Bonchev–Trinajstić information content (AvgIpc) is 3.18. The number of halogens is 2. The monoisotopic (exact) mass is 428 g/mol. The fourth-order valence-corrected chi connectivity index (χ4v) is 4.57. The second-order valence-electron chi connectivity index (χ2n) is 8.91. The lowest BCUT2D eigenvalue weighted by atomic mass is 10.1. The third kappa shape index (κ3) is 4.98. The van der Waals surface area contributed by atoms with Crippen LogP contribution in [-0.2, 0) is 0 Å². The Morgan fingerprint density at radius 3 is 2.52 bits per heavy atom. The van der Waals surface area contributed by atoms with Gasteiger partial charge in [-0.15, -0.1) is 0 Å². The first kappa shape index (κ1) is 21.6.